The minimum Gasteiger partial charge on any atom is -0.494 e. The smallest absolute Gasteiger partial charge is 0.264 e. The molecule has 3 aromatic rings. The lowest BCUT2D eigenvalue weighted by atomic mass is 10.1. The van der Waals surface area contributed by atoms with E-state index in [-0.39, 0.29) is 29.5 Å². The van der Waals surface area contributed by atoms with Gasteiger partial charge in [-0.3, -0.25) is 13.9 Å². The molecule has 0 aromatic heterocycles. The number of carbonyl (C=O) groups is 2. The normalized spacial score (nSPS) is 12.0. The van der Waals surface area contributed by atoms with Gasteiger partial charge in [0.05, 0.1) is 17.2 Å². The first kappa shape index (κ1) is 33.2. The molecule has 3 aromatic carbocycles. The first-order chi connectivity index (χ1) is 20.0. The fourth-order valence-electron chi connectivity index (χ4n) is 4.28. The Balaban J connectivity index is 2.09. The van der Waals surface area contributed by atoms with E-state index in [0.29, 0.717) is 40.9 Å². The number of ether oxygens (including phenoxy) is 1. The van der Waals surface area contributed by atoms with Crippen LogP contribution in [0.25, 0.3) is 0 Å². The first-order valence-electron chi connectivity index (χ1n) is 13.5. The molecule has 42 heavy (non-hydrogen) atoms. The number of benzene rings is 3. The van der Waals surface area contributed by atoms with E-state index in [1.54, 1.807) is 37.3 Å². The lowest BCUT2D eigenvalue weighted by molar-refractivity contribution is -0.140. The molecule has 1 atom stereocenters. The Hall–Kier alpha value is -3.34. The van der Waals surface area contributed by atoms with Gasteiger partial charge < -0.3 is 15.0 Å². The zero-order valence-corrected chi connectivity index (χ0v) is 26.0. The van der Waals surface area contributed by atoms with Gasteiger partial charge in [0.15, 0.2) is 0 Å². The first-order valence-corrected chi connectivity index (χ1v) is 15.7. The highest BCUT2D eigenvalue weighted by Gasteiger charge is 2.34. The van der Waals surface area contributed by atoms with Crippen LogP contribution < -0.4 is 14.4 Å². The fourth-order valence-corrected chi connectivity index (χ4v) is 6.21. The summed E-state index contributed by atoms with van der Waals surface area (Å²) in [7, 11) is -4.35. The molecule has 226 valence electrons. The Bertz CT molecular complexity index is 1450. The third-order valence-corrected chi connectivity index (χ3v) is 8.94. The van der Waals surface area contributed by atoms with Gasteiger partial charge in [-0.2, -0.15) is 0 Å². The SMILES string of the molecule is CCCNC(=O)[C@H](CC)N(Cc1c(Cl)cccc1Cl)C(=O)CN(c1ccc(OCC)cc1)S(=O)(=O)c1ccc(F)cc1. The van der Waals surface area contributed by atoms with Crippen molar-refractivity contribution in [2.75, 3.05) is 24.0 Å². The maximum Gasteiger partial charge on any atom is 0.264 e. The average molecular weight is 639 g/mol. The average Bonchev–Trinajstić information content (AvgIpc) is 2.97. The van der Waals surface area contributed by atoms with E-state index in [1.807, 2.05) is 13.8 Å². The summed E-state index contributed by atoms with van der Waals surface area (Å²) < 4.78 is 47.8. The molecule has 1 N–H and O–H groups in total. The summed E-state index contributed by atoms with van der Waals surface area (Å²) in [5.74, 6) is -1.14. The molecular weight excluding hydrogens is 604 g/mol. The van der Waals surface area contributed by atoms with E-state index >= 15 is 0 Å². The summed E-state index contributed by atoms with van der Waals surface area (Å²) in [6.07, 6.45) is 0.936. The molecule has 0 heterocycles. The van der Waals surface area contributed by atoms with Gasteiger partial charge in [-0.25, -0.2) is 12.8 Å². The molecular formula is C30H34Cl2FN3O5S. The molecule has 0 bridgehead atoms. The van der Waals surface area contributed by atoms with Crippen LogP contribution in [0.1, 0.15) is 39.2 Å². The molecule has 2 amide bonds. The monoisotopic (exact) mass is 637 g/mol. The molecule has 0 aliphatic carbocycles. The number of nitrogens with one attached hydrogen (secondary N) is 1. The summed E-state index contributed by atoms with van der Waals surface area (Å²) >= 11 is 12.9. The van der Waals surface area contributed by atoms with Gasteiger partial charge in [0, 0.05) is 28.7 Å². The quantitative estimate of drug-likeness (QED) is 0.232. The van der Waals surface area contributed by atoms with Crippen molar-refractivity contribution in [2.45, 2.75) is 51.1 Å². The predicted molar refractivity (Wildman–Crippen MR) is 163 cm³/mol. The summed E-state index contributed by atoms with van der Waals surface area (Å²) in [4.78, 5) is 28.4. The van der Waals surface area contributed by atoms with Crippen LogP contribution in [0.2, 0.25) is 10.0 Å². The molecule has 0 aliphatic rings. The van der Waals surface area contributed by atoms with Crippen LogP contribution in [0.15, 0.2) is 71.6 Å². The largest absolute Gasteiger partial charge is 0.494 e. The molecule has 0 saturated heterocycles. The van der Waals surface area contributed by atoms with Crippen molar-refractivity contribution in [3.8, 4) is 5.75 Å². The molecule has 0 saturated carbocycles. The van der Waals surface area contributed by atoms with Crippen LogP contribution in [-0.2, 0) is 26.2 Å². The van der Waals surface area contributed by atoms with Gasteiger partial charge in [-0.05, 0) is 80.4 Å². The molecule has 12 heteroatoms. The van der Waals surface area contributed by atoms with E-state index in [4.69, 9.17) is 27.9 Å². The van der Waals surface area contributed by atoms with Gasteiger partial charge >= 0.3 is 0 Å². The Morgan fingerprint density at radius 2 is 1.57 bits per heavy atom. The number of nitrogens with zero attached hydrogens (tertiary/aromatic N) is 2. The second-order valence-corrected chi connectivity index (χ2v) is 12.0. The highest BCUT2D eigenvalue weighted by Crippen LogP contribution is 2.29. The Kier molecular flexibility index (Phi) is 12.0. The third kappa shape index (κ3) is 8.14. The third-order valence-electron chi connectivity index (χ3n) is 6.44. The van der Waals surface area contributed by atoms with Crippen molar-refractivity contribution in [1.29, 1.82) is 0 Å². The van der Waals surface area contributed by atoms with E-state index in [9.17, 15) is 22.4 Å². The minimum atomic E-state index is -4.35. The number of anilines is 1. The van der Waals surface area contributed by atoms with Crippen LogP contribution in [-0.4, -0.2) is 50.9 Å². The maximum atomic E-state index is 14.1. The van der Waals surface area contributed by atoms with Gasteiger partial charge in [0.2, 0.25) is 11.8 Å². The van der Waals surface area contributed by atoms with Crippen LogP contribution in [0.5, 0.6) is 5.75 Å². The van der Waals surface area contributed by atoms with Crippen LogP contribution in [0, 0.1) is 5.82 Å². The molecule has 0 fully saturated rings. The molecule has 0 radical (unpaired) electrons. The lowest BCUT2D eigenvalue weighted by Gasteiger charge is -2.33. The van der Waals surface area contributed by atoms with Gasteiger partial charge in [-0.1, -0.05) is 43.1 Å². The van der Waals surface area contributed by atoms with Crippen LogP contribution in [0.3, 0.4) is 0 Å². The standard InChI is InChI=1S/C30H34Cl2FN3O5S/c1-4-18-34-30(38)28(5-2)35(19-25-26(31)8-7-9-27(25)32)29(37)20-36(22-12-14-23(15-13-22)41-6-3)42(39,40)24-16-10-21(33)11-17-24/h7-17,28H,4-6,18-20H2,1-3H3,(H,34,38)/t28-/m0/s1. The van der Waals surface area contributed by atoms with E-state index < -0.39 is 34.3 Å². The molecule has 0 unspecified atom stereocenters. The van der Waals surface area contributed by atoms with E-state index in [0.717, 1.165) is 28.6 Å². The van der Waals surface area contributed by atoms with Crippen molar-refractivity contribution < 1.29 is 27.1 Å². The number of amides is 2. The second kappa shape index (κ2) is 15.2. The highest BCUT2D eigenvalue weighted by atomic mass is 35.5. The molecule has 3 rings (SSSR count). The van der Waals surface area contributed by atoms with Crippen molar-refractivity contribution >= 4 is 50.7 Å². The number of carbonyl (C=O) groups excluding carboxylic acids is 2. The lowest BCUT2D eigenvalue weighted by Crippen LogP contribution is -2.52. The van der Waals surface area contributed by atoms with Crippen molar-refractivity contribution in [3.05, 3.63) is 88.2 Å². The maximum absolute atomic E-state index is 14.1. The second-order valence-electron chi connectivity index (χ2n) is 9.33. The van der Waals surface area contributed by atoms with Crippen LogP contribution in [0.4, 0.5) is 10.1 Å². The minimum absolute atomic E-state index is 0.136. The van der Waals surface area contributed by atoms with Crippen molar-refractivity contribution in [2.24, 2.45) is 0 Å². The molecule has 8 nitrogen and oxygen atoms in total. The Labute approximate surface area is 256 Å². The van der Waals surface area contributed by atoms with Crippen molar-refractivity contribution in [3.63, 3.8) is 0 Å². The highest BCUT2D eigenvalue weighted by molar-refractivity contribution is 7.92. The number of hydrogen-bond acceptors (Lipinski definition) is 5. The number of rotatable bonds is 14. The number of sulfonamides is 1. The fraction of sp³-hybridized carbons (Fsp3) is 0.333. The van der Waals surface area contributed by atoms with Crippen LogP contribution >= 0.6 is 23.2 Å². The number of hydrogen-bond donors (Lipinski definition) is 1. The van der Waals surface area contributed by atoms with E-state index in [2.05, 4.69) is 5.32 Å². The summed E-state index contributed by atoms with van der Waals surface area (Å²) in [6, 6.07) is 14.5. The zero-order chi connectivity index (χ0) is 30.9. The van der Waals surface area contributed by atoms with Crippen molar-refractivity contribution in [1.82, 2.24) is 10.2 Å². The summed E-state index contributed by atoms with van der Waals surface area (Å²) in [6.45, 7) is 5.50. The number of halogens is 3. The predicted octanol–water partition coefficient (Wildman–Crippen LogP) is 6.06. The molecule has 0 spiro atoms. The Morgan fingerprint density at radius 1 is 0.952 bits per heavy atom. The van der Waals surface area contributed by atoms with Gasteiger partial charge in [0.25, 0.3) is 10.0 Å². The summed E-state index contributed by atoms with van der Waals surface area (Å²) in [5, 5.41) is 3.41. The summed E-state index contributed by atoms with van der Waals surface area (Å²) in [5.41, 5.74) is 0.597. The van der Waals surface area contributed by atoms with E-state index in [1.165, 1.54) is 17.0 Å². The molecule has 0 aliphatic heterocycles. The Morgan fingerprint density at radius 3 is 2.12 bits per heavy atom. The zero-order valence-electron chi connectivity index (χ0n) is 23.6. The topological polar surface area (TPSA) is 96.0 Å². The van der Waals surface area contributed by atoms with Gasteiger partial charge in [-0.15, -0.1) is 0 Å². The van der Waals surface area contributed by atoms with Gasteiger partial charge in [0.1, 0.15) is 24.2 Å².